The lowest BCUT2D eigenvalue weighted by Gasteiger charge is -2.28. The Balaban J connectivity index is 1.90. The first-order valence-electron chi connectivity index (χ1n) is 7.02. The lowest BCUT2D eigenvalue weighted by molar-refractivity contribution is -0.136. The summed E-state index contributed by atoms with van der Waals surface area (Å²) in [6.07, 6.45) is 3.67. The predicted molar refractivity (Wildman–Crippen MR) is 77.1 cm³/mol. The zero-order valence-corrected chi connectivity index (χ0v) is 11.5. The molecule has 5 heteroatoms. The molecule has 0 radical (unpaired) electrons. The predicted octanol–water partition coefficient (Wildman–Crippen LogP) is 1.88. The zero-order valence-electron chi connectivity index (χ0n) is 11.5. The van der Waals surface area contributed by atoms with Crippen molar-refractivity contribution in [1.82, 2.24) is 5.32 Å². The molecule has 0 unspecified atom stereocenters. The molecule has 1 saturated heterocycles. The maximum Gasteiger partial charge on any atom is 0.305 e. The molecule has 2 N–H and O–H groups in total. The van der Waals surface area contributed by atoms with Gasteiger partial charge in [-0.3, -0.25) is 9.59 Å². The standard InChI is InChI=1S/C15H20N2O3/c18-14(19)8-9-16-15(20)12-4-6-13(7-5-12)17-10-2-1-3-11-17/h4-7H,1-3,8-11H2,(H,16,20)(H,18,19). The largest absolute Gasteiger partial charge is 0.481 e. The van der Waals surface area contributed by atoms with Crippen LogP contribution in [0.15, 0.2) is 24.3 Å². The summed E-state index contributed by atoms with van der Waals surface area (Å²) in [7, 11) is 0. The Morgan fingerprint density at radius 1 is 1.10 bits per heavy atom. The molecule has 1 amide bonds. The molecule has 108 valence electrons. The number of benzene rings is 1. The molecule has 1 aromatic rings. The minimum Gasteiger partial charge on any atom is -0.481 e. The van der Waals surface area contributed by atoms with E-state index in [1.165, 1.54) is 19.3 Å². The van der Waals surface area contributed by atoms with Gasteiger partial charge in [-0.05, 0) is 43.5 Å². The van der Waals surface area contributed by atoms with E-state index in [2.05, 4.69) is 10.2 Å². The number of carbonyl (C=O) groups is 2. The summed E-state index contributed by atoms with van der Waals surface area (Å²) in [5.74, 6) is -1.14. The smallest absolute Gasteiger partial charge is 0.305 e. The van der Waals surface area contributed by atoms with Crippen LogP contribution < -0.4 is 10.2 Å². The highest BCUT2D eigenvalue weighted by molar-refractivity contribution is 5.94. The van der Waals surface area contributed by atoms with Crippen molar-refractivity contribution in [3.8, 4) is 0 Å². The fourth-order valence-electron chi connectivity index (χ4n) is 2.36. The monoisotopic (exact) mass is 276 g/mol. The van der Waals surface area contributed by atoms with Crippen molar-refractivity contribution in [3.05, 3.63) is 29.8 Å². The molecule has 1 aromatic carbocycles. The summed E-state index contributed by atoms with van der Waals surface area (Å²) >= 11 is 0. The van der Waals surface area contributed by atoms with Crippen LogP contribution in [0.1, 0.15) is 36.0 Å². The van der Waals surface area contributed by atoms with Crippen molar-refractivity contribution in [2.75, 3.05) is 24.5 Å². The summed E-state index contributed by atoms with van der Waals surface area (Å²) in [6, 6.07) is 7.49. The normalized spacial score (nSPS) is 14.9. The van der Waals surface area contributed by atoms with E-state index in [1.54, 1.807) is 12.1 Å². The second-order valence-electron chi connectivity index (χ2n) is 4.99. The zero-order chi connectivity index (χ0) is 14.4. The summed E-state index contributed by atoms with van der Waals surface area (Å²) in [5, 5.41) is 11.1. The van der Waals surface area contributed by atoms with Gasteiger partial charge in [-0.2, -0.15) is 0 Å². The summed E-state index contributed by atoms with van der Waals surface area (Å²) < 4.78 is 0. The fourth-order valence-corrected chi connectivity index (χ4v) is 2.36. The van der Waals surface area contributed by atoms with Crippen LogP contribution in [0.2, 0.25) is 0 Å². The molecule has 1 aliphatic rings. The number of carboxylic acids is 1. The van der Waals surface area contributed by atoms with Gasteiger partial charge in [0.15, 0.2) is 0 Å². The van der Waals surface area contributed by atoms with Crippen LogP contribution in [0, 0.1) is 0 Å². The fraction of sp³-hybridized carbons (Fsp3) is 0.467. The van der Waals surface area contributed by atoms with E-state index < -0.39 is 5.97 Å². The number of carboxylic acid groups (broad SMARTS) is 1. The van der Waals surface area contributed by atoms with E-state index in [0.717, 1.165) is 18.8 Å². The molecule has 2 rings (SSSR count). The summed E-state index contributed by atoms with van der Waals surface area (Å²) in [4.78, 5) is 24.5. The van der Waals surface area contributed by atoms with Gasteiger partial charge < -0.3 is 15.3 Å². The van der Waals surface area contributed by atoms with Crippen LogP contribution in [0.25, 0.3) is 0 Å². The molecule has 0 bridgehead atoms. The number of hydrogen-bond donors (Lipinski definition) is 2. The average Bonchev–Trinajstić information content (AvgIpc) is 2.48. The number of nitrogens with zero attached hydrogens (tertiary/aromatic N) is 1. The van der Waals surface area contributed by atoms with Gasteiger partial charge in [0.1, 0.15) is 0 Å². The molecular weight excluding hydrogens is 256 g/mol. The highest BCUT2D eigenvalue weighted by atomic mass is 16.4. The molecule has 1 aliphatic heterocycles. The maximum atomic E-state index is 11.8. The van der Waals surface area contributed by atoms with Crippen molar-refractivity contribution in [2.24, 2.45) is 0 Å². The Hall–Kier alpha value is -2.04. The van der Waals surface area contributed by atoms with Crippen molar-refractivity contribution in [2.45, 2.75) is 25.7 Å². The van der Waals surface area contributed by atoms with Gasteiger partial charge in [0.05, 0.1) is 6.42 Å². The SMILES string of the molecule is O=C(O)CCNC(=O)c1ccc(N2CCCCC2)cc1. The highest BCUT2D eigenvalue weighted by Gasteiger charge is 2.12. The number of carbonyl (C=O) groups excluding carboxylic acids is 1. The maximum absolute atomic E-state index is 11.8. The lowest BCUT2D eigenvalue weighted by Crippen LogP contribution is -2.29. The van der Waals surface area contributed by atoms with Gasteiger partial charge in [-0.1, -0.05) is 0 Å². The average molecular weight is 276 g/mol. The third kappa shape index (κ3) is 3.98. The van der Waals surface area contributed by atoms with E-state index in [0.29, 0.717) is 5.56 Å². The Kier molecular flexibility index (Phi) is 4.98. The van der Waals surface area contributed by atoms with Crippen LogP contribution in [0.3, 0.4) is 0 Å². The van der Waals surface area contributed by atoms with Gasteiger partial charge in [-0.25, -0.2) is 0 Å². The van der Waals surface area contributed by atoms with Gasteiger partial charge in [0.25, 0.3) is 5.91 Å². The minimum atomic E-state index is -0.911. The number of anilines is 1. The Morgan fingerprint density at radius 2 is 1.75 bits per heavy atom. The molecule has 0 spiro atoms. The Bertz CT molecular complexity index is 465. The first kappa shape index (κ1) is 14.4. The van der Waals surface area contributed by atoms with E-state index in [4.69, 9.17) is 5.11 Å². The molecule has 1 heterocycles. The van der Waals surface area contributed by atoms with E-state index in [-0.39, 0.29) is 18.9 Å². The minimum absolute atomic E-state index is 0.0579. The first-order chi connectivity index (χ1) is 9.66. The summed E-state index contributed by atoms with van der Waals surface area (Å²) in [6.45, 7) is 2.30. The topological polar surface area (TPSA) is 69.6 Å². The number of hydrogen-bond acceptors (Lipinski definition) is 3. The lowest BCUT2D eigenvalue weighted by atomic mass is 10.1. The molecule has 0 aromatic heterocycles. The number of piperidine rings is 1. The second kappa shape index (κ2) is 6.93. The second-order valence-corrected chi connectivity index (χ2v) is 4.99. The molecule has 5 nitrogen and oxygen atoms in total. The third-order valence-electron chi connectivity index (χ3n) is 3.48. The van der Waals surface area contributed by atoms with Gasteiger partial charge in [0.2, 0.25) is 0 Å². The Labute approximate surface area is 118 Å². The van der Waals surface area contributed by atoms with Crippen LogP contribution in [-0.2, 0) is 4.79 Å². The molecule has 0 aliphatic carbocycles. The van der Waals surface area contributed by atoms with Gasteiger partial charge >= 0.3 is 5.97 Å². The quantitative estimate of drug-likeness (QED) is 0.861. The first-order valence-corrected chi connectivity index (χ1v) is 7.02. The molecular formula is C15H20N2O3. The van der Waals surface area contributed by atoms with Crippen molar-refractivity contribution in [3.63, 3.8) is 0 Å². The highest BCUT2D eigenvalue weighted by Crippen LogP contribution is 2.20. The number of nitrogens with one attached hydrogen (secondary N) is 1. The number of aliphatic carboxylic acids is 1. The molecule has 0 atom stereocenters. The van der Waals surface area contributed by atoms with E-state index in [9.17, 15) is 9.59 Å². The summed E-state index contributed by atoms with van der Waals surface area (Å²) in [5.41, 5.74) is 1.71. The van der Waals surface area contributed by atoms with Crippen LogP contribution in [0.4, 0.5) is 5.69 Å². The number of amides is 1. The van der Waals surface area contributed by atoms with Crippen molar-refractivity contribution >= 4 is 17.6 Å². The van der Waals surface area contributed by atoms with Crippen molar-refractivity contribution in [1.29, 1.82) is 0 Å². The van der Waals surface area contributed by atoms with Crippen LogP contribution >= 0.6 is 0 Å². The Morgan fingerprint density at radius 3 is 2.35 bits per heavy atom. The van der Waals surface area contributed by atoms with Crippen LogP contribution in [0.5, 0.6) is 0 Å². The number of rotatable bonds is 5. The van der Waals surface area contributed by atoms with Crippen LogP contribution in [-0.4, -0.2) is 36.6 Å². The van der Waals surface area contributed by atoms with E-state index >= 15 is 0 Å². The van der Waals surface area contributed by atoms with Crippen molar-refractivity contribution < 1.29 is 14.7 Å². The van der Waals surface area contributed by atoms with Gasteiger partial charge in [0, 0.05) is 30.9 Å². The molecule has 1 fully saturated rings. The van der Waals surface area contributed by atoms with Gasteiger partial charge in [-0.15, -0.1) is 0 Å². The van der Waals surface area contributed by atoms with E-state index in [1.807, 2.05) is 12.1 Å². The molecule has 20 heavy (non-hydrogen) atoms. The third-order valence-corrected chi connectivity index (χ3v) is 3.48. The molecule has 0 saturated carbocycles.